The van der Waals surface area contributed by atoms with Crippen LogP contribution >= 0.6 is 0 Å². The molecule has 1 aliphatic heterocycles. The van der Waals surface area contributed by atoms with Gasteiger partial charge in [0.15, 0.2) is 5.82 Å². The molecule has 6 heteroatoms. The monoisotopic (exact) mass is 431 g/mol. The quantitative estimate of drug-likeness (QED) is 0.512. The third kappa shape index (κ3) is 4.90. The Morgan fingerprint density at radius 3 is 2.34 bits per heavy atom. The highest BCUT2D eigenvalue weighted by Gasteiger charge is 2.32. The number of imidazole rings is 1. The summed E-state index contributed by atoms with van der Waals surface area (Å²) in [6, 6.07) is 17.7. The molecular weight excluding hydrogens is 402 g/mol. The molecule has 1 saturated heterocycles. The van der Waals surface area contributed by atoms with E-state index in [2.05, 4.69) is 4.98 Å². The molecule has 0 spiro atoms. The number of carbonyl (C=O) groups excluding carboxylic acids is 2. The van der Waals surface area contributed by atoms with Gasteiger partial charge < -0.3 is 9.64 Å². The SMILES string of the molecule is CC(C)(C)OC(=O)N1CCC(C(=O)c2nc3ccccc3n2C=Cc2ccccc2)CC1. The molecule has 6 nitrogen and oxygen atoms in total. The number of para-hydroxylation sites is 2. The van der Waals surface area contributed by atoms with Gasteiger partial charge in [0.05, 0.1) is 11.0 Å². The van der Waals surface area contributed by atoms with E-state index in [4.69, 9.17) is 4.74 Å². The molecular formula is C26H29N3O3. The number of nitrogens with zero attached hydrogens (tertiary/aromatic N) is 3. The molecule has 3 aromatic rings. The molecule has 0 N–H and O–H groups in total. The topological polar surface area (TPSA) is 64.4 Å². The summed E-state index contributed by atoms with van der Waals surface area (Å²) in [5.74, 6) is 0.284. The van der Waals surface area contributed by atoms with Gasteiger partial charge in [-0.1, -0.05) is 42.5 Å². The van der Waals surface area contributed by atoms with Crippen molar-refractivity contribution in [1.82, 2.24) is 14.5 Å². The zero-order valence-corrected chi connectivity index (χ0v) is 18.8. The van der Waals surface area contributed by atoms with E-state index in [1.807, 2.05) is 92.2 Å². The first-order valence-corrected chi connectivity index (χ1v) is 11.0. The van der Waals surface area contributed by atoms with Crippen LogP contribution in [-0.4, -0.2) is 45.0 Å². The summed E-state index contributed by atoms with van der Waals surface area (Å²) in [5, 5.41) is 0. The number of ether oxygens (including phenoxy) is 1. The summed E-state index contributed by atoms with van der Waals surface area (Å²) >= 11 is 0. The van der Waals surface area contributed by atoms with E-state index in [9.17, 15) is 9.59 Å². The molecule has 166 valence electrons. The highest BCUT2D eigenvalue weighted by Crippen LogP contribution is 2.26. The molecule has 1 amide bonds. The Labute approximate surface area is 188 Å². The van der Waals surface area contributed by atoms with E-state index in [0.717, 1.165) is 16.6 Å². The number of amides is 1. The number of hydrogen-bond donors (Lipinski definition) is 0. The van der Waals surface area contributed by atoms with Gasteiger partial charge in [0.2, 0.25) is 5.78 Å². The summed E-state index contributed by atoms with van der Waals surface area (Å²) in [4.78, 5) is 32.1. The number of likely N-dealkylation sites (tertiary alicyclic amines) is 1. The third-order valence-corrected chi connectivity index (χ3v) is 5.55. The first-order chi connectivity index (χ1) is 15.3. The van der Waals surface area contributed by atoms with Crippen LogP contribution in [0.25, 0.3) is 23.3 Å². The normalized spacial score (nSPS) is 15.4. The van der Waals surface area contributed by atoms with Gasteiger partial charge in [0.25, 0.3) is 0 Å². The van der Waals surface area contributed by atoms with Gasteiger partial charge in [0, 0.05) is 25.2 Å². The van der Waals surface area contributed by atoms with Crippen molar-refractivity contribution in [2.75, 3.05) is 13.1 Å². The summed E-state index contributed by atoms with van der Waals surface area (Å²) in [6.07, 6.45) is 4.78. The van der Waals surface area contributed by atoms with Crippen molar-refractivity contribution in [3.63, 3.8) is 0 Å². The van der Waals surface area contributed by atoms with Crippen LogP contribution in [0, 0.1) is 5.92 Å². The molecule has 0 unspecified atom stereocenters. The lowest BCUT2D eigenvalue weighted by atomic mass is 9.92. The van der Waals surface area contributed by atoms with Crippen molar-refractivity contribution in [2.24, 2.45) is 5.92 Å². The van der Waals surface area contributed by atoms with Crippen LogP contribution in [0.5, 0.6) is 0 Å². The fourth-order valence-electron chi connectivity index (χ4n) is 3.93. The van der Waals surface area contributed by atoms with Gasteiger partial charge in [0.1, 0.15) is 5.60 Å². The van der Waals surface area contributed by atoms with Crippen LogP contribution in [0.2, 0.25) is 0 Å². The standard InChI is InChI=1S/C26H29N3O3/c1-26(2,3)32-25(31)28-16-14-20(15-17-28)23(30)24-27-21-11-7-8-12-22(21)29(24)18-13-19-9-5-4-6-10-19/h4-13,18,20H,14-17H2,1-3H3. The highest BCUT2D eigenvalue weighted by molar-refractivity contribution is 5.99. The Balaban J connectivity index is 1.54. The number of fused-ring (bicyclic) bond motifs is 1. The number of Topliss-reactive ketones (excluding diaryl/α,β-unsaturated/α-hetero) is 1. The van der Waals surface area contributed by atoms with Gasteiger partial charge in [-0.15, -0.1) is 0 Å². The van der Waals surface area contributed by atoms with Crippen LogP contribution in [0.3, 0.4) is 0 Å². The highest BCUT2D eigenvalue weighted by atomic mass is 16.6. The molecule has 0 bridgehead atoms. The fourth-order valence-corrected chi connectivity index (χ4v) is 3.93. The van der Waals surface area contributed by atoms with Crippen molar-refractivity contribution in [1.29, 1.82) is 0 Å². The van der Waals surface area contributed by atoms with E-state index >= 15 is 0 Å². The molecule has 2 aromatic carbocycles. The van der Waals surface area contributed by atoms with Crippen LogP contribution in [0.4, 0.5) is 4.79 Å². The van der Waals surface area contributed by atoms with E-state index in [-0.39, 0.29) is 17.8 Å². The lowest BCUT2D eigenvalue weighted by molar-refractivity contribution is 0.0182. The van der Waals surface area contributed by atoms with Crippen LogP contribution in [0.1, 0.15) is 49.8 Å². The molecule has 2 heterocycles. The lowest BCUT2D eigenvalue weighted by Gasteiger charge is -2.32. The fraction of sp³-hybridized carbons (Fsp3) is 0.346. The van der Waals surface area contributed by atoms with Crippen molar-refractivity contribution < 1.29 is 14.3 Å². The Kier molecular flexibility index (Phi) is 6.12. The van der Waals surface area contributed by atoms with Crippen molar-refractivity contribution in [2.45, 2.75) is 39.2 Å². The average Bonchev–Trinajstić information content (AvgIpc) is 3.15. The van der Waals surface area contributed by atoms with E-state index < -0.39 is 5.60 Å². The Morgan fingerprint density at radius 2 is 1.66 bits per heavy atom. The van der Waals surface area contributed by atoms with E-state index in [1.165, 1.54) is 0 Å². The third-order valence-electron chi connectivity index (χ3n) is 5.55. The van der Waals surface area contributed by atoms with Crippen molar-refractivity contribution >= 4 is 35.2 Å². The Bertz CT molecular complexity index is 1130. The molecule has 4 rings (SSSR count). The number of benzene rings is 2. The number of aromatic nitrogens is 2. The molecule has 0 atom stereocenters. The first-order valence-electron chi connectivity index (χ1n) is 11.0. The zero-order chi connectivity index (χ0) is 22.7. The second kappa shape index (κ2) is 8.99. The Morgan fingerprint density at radius 1 is 1.00 bits per heavy atom. The van der Waals surface area contributed by atoms with E-state index in [1.54, 1.807) is 4.90 Å². The van der Waals surface area contributed by atoms with Gasteiger partial charge in [-0.3, -0.25) is 9.36 Å². The summed E-state index contributed by atoms with van der Waals surface area (Å²) < 4.78 is 7.35. The van der Waals surface area contributed by atoms with E-state index in [0.29, 0.717) is 31.8 Å². The number of hydrogen-bond acceptors (Lipinski definition) is 4. The summed E-state index contributed by atoms with van der Waals surface area (Å²) in [6.45, 7) is 6.58. The van der Waals surface area contributed by atoms with Gasteiger partial charge >= 0.3 is 6.09 Å². The summed E-state index contributed by atoms with van der Waals surface area (Å²) in [5.41, 5.74) is 2.21. The largest absolute Gasteiger partial charge is 0.444 e. The molecule has 1 fully saturated rings. The average molecular weight is 432 g/mol. The van der Waals surface area contributed by atoms with Crippen LogP contribution in [0.15, 0.2) is 54.6 Å². The minimum Gasteiger partial charge on any atom is -0.444 e. The van der Waals surface area contributed by atoms with Crippen LogP contribution in [-0.2, 0) is 4.74 Å². The van der Waals surface area contributed by atoms with Gasteiger partial charge in [-0.05, 0) is 57.4 Å². The maximum Gasteiger partial charge on any atom is 0.410 e. The summed E-state index contributed by atoms with van der Waals surface area (Å²) in [7, 11) is 0. The van der Waals surface area contributed by atoms with Gasteiger partial charge in [-0.25, -0.2) is 9.78 Å². The second-order valence-electron chi connectivity index (χ2n) is 9.13. The number of rotatable bonds is 4. The smallest absolute Gasteiger partial charge is 0.410 e. The second-order valence-corrected chi connectivity index (χ2v) is 9.13. The molecule has 0 saturated carbocycles. The first kappa shape index (κ1) is 21.8. The number of piperidine rings is 1. The predicted octanol–water partition coefficient (Wildman–Crippen LogP) is 5.49. The minimum absolute atomic E-state index is 0.0164. The Hall–Kier alpha value is -3.41. The lowest BCUT2D eigenvalue weighted by Crippen LogP contribution is -2.43. The van der Waals surface area contributed by atoms with Gasteiger partial charge in [-0.2, -0.15) is 0 Å². The molecule has 1 aliphatic rings. The molecule has 1 aromatic heterocycles. The van der Waals surface area contributed by atoms with Crippen molar-refractivity contribution in [3.05, 3.63) is 66.0 Å². The molecule has 0 aliphatic carbocycles. The predicted molar refractivity (Wildman–Crippen MR) is 126 cm³/mol. The maximum absolute atomic E-state index is 13.5. The maximum atomic E-state index is 13.5. The van der Waals surface area contributed by atoms with Crippen molar-refractivity contribution in [3.8, 4) is 0 Å². The number of ketones is 1. The molecule has 0 radical (unpaired) electrons. The number of carbonyl (C=O) groups is 2. The minimum atomic E-state index is -0.528. The molecule has 32 heavy (non-hydrogen) atoms. The zero-order valence-electron chi connectivity index (χ0n) is 18.8. The van der Waals surface area contributed by atoms with Crippen LogP contribution < -0.4 is 0 Å².